The number of thiol groups is 1. The fourth-order valence-corrected chi connectivity index (χ4v) is 4.55. The van der Waals surface area contributed by atoms with Crippen molar-refractivity contribution >= 4 is 50.1 Å². The van der Waals surface area contributed by atoms with Crippen molar-refractivity contribution in [2.24, 2.45) is 0 Å². The van der Waals surface area contributed by atoms with Crippen LogP contribution in [0.5, 0.6) is 0 Å². The van der Waals surface area contributed by atoms with E-state index in [4.69, 9.17) is 0 Å². The second-order valence-corrected chi connectivity index (χ2v) is 10.4. The zero-order valence-electron chi connectivity index (χ0n) is 21.7. The highest BCUT2D eigenvalue weighted by Crippen LogP contribution is 2.29. The van der Waals surface area contributed by atoms with Crippen LogP contribution in [0.3, 0.4) is 0 Å². The third-order valence-corrected chi connectivity index (χ3v) is 6.96. The van der Waals surface area contributed by atoms with E-state index in [-0.39, 0.29) is 30.1 Å². The van der Waals surface area contributed by atoms with E-state index in [1.54, 1.807) is 30.3 Å². The van der Waals surface area contributed by atoms with Crippen LogP contribution in [-0.2, 0) is 30.4 Å². The van der Waals surface area contributed by atoms with E-state index in [9.17, 15) is 34.2 Å². The summed E-state index contributed by atoms with van der Waals surface area (Å²) in [7, 11) is 2.14. The Hall–Kier alpha value is -3.06. The fraction of sp³-hybridized carbons (Fsp3) is 0.560. The Morgan fingerprint density at radius 2 is 1.58 bits per heavy atom. The van der Waals surface area contributed by atoms with Gasteiger partial charge in [0, 0.05) is 24.6 Å². The first-order valence-electron chi connectivity index (χ1n) is 12.7. The number of carbonyl (C=O) groups is 5. The van der Waals surface area contributed by atoms with E-state index in [1.165, 1.54) is 0 Å². The van der Waals surface area contributed by atoms with Gasteiger partial charge < -0.3 is 31.5 Å². The summed E-state index contributed by atoms with van der Waals surface area (Å²) in [5.74, 6) is -4.87. The second kappa shape index (κ2) is 14.8. The Morgan fingerprint density at radius 3 is 2.11 bits per heavy atom. The van der Waals surface area contributed by atoms with Gasteiger partial charge in [-0.2, -0.15) is 12.6 Å². The number of rotatable bonds is 16. The molecule has 0 unspecified atom stereocenters. The van der Waals surface area contributed by atoms with Gasteiger partial charge in [-0.15, -0.1) is 0 Å². The Kier molecular flexibility index (Phi) is 12.1. The molecule has 0 bridgehead atoms. The quantitative estimate of drug-likeness (QED) is 0.106. The van der Waals surface area contributed by atoms with E-state index in [0.29, 0.717) is 12.0 Å². The molecule has 208 valence electrons. The molecule has 13 heteroatoms. The fourth-order valence-electron chi connectivity index (χ4n) is 4.31. The standard InChI is InChI=1S/C25H37BN4O7S/c1-15(30-25(26)10-5-11-25)8-9-20(31)27-18(13-21(32)33)23(35)28-17(12-16-6-3-2-4-7-16)22(34)29-19(14-38)24(36)37/h2-4,6-7,15,17-19,30,38H,5,8-14,26H2,1H3,(H,27,31)(H,28,35)(H,29,34)(H,32,33)(H,36,37)/t15-,17+,18+,19+/m1/s1. The van der Waals surface area contributed by atoms with Crippen molar-refractivity contribution in [1.82, 2.24) is 21.3 Å². The SMILES string of the molecule is BC1(N[C@H](C)CCC(=O)N[C@@H](CC(=O)O)C(=O)N[C@@H](Cc2ccccc2)C(=O)N[C@@H](CS)C(=O)O)CCC1. The first-order valence-corrected chi connectivity index (χ1v) is 13.3. The molecule has 1 aliphatic rings. The lowest BCUT2D eigenvalue weighted by atomic mass is 9.62. The van der Waals surface area contributed by atoms with Crippen molar-refractivity contribution in [3.05, 3.63) is 35.9 Å². The summed E-state index contributed by atoms with van der Waals surface area (Å²) in [5, 5.41) is 29.4. The molecule has 0 aliphatic heterocycles. The number of amides is 3. The van der Waals surface area contributed by atoms with Crippen LogP contribution in [0.1, 0.15) is 51.0 Å². The number of nitrogens with one attached hydrogen (secondary N) is 4. The van der Waals surface area contributed by atoms with Gasteiger partial charge in [-0.05, 0) is 37.2 Å². The topological polar surface area (TPSA) is 174 Å². The summed E-state index contributed by atoms with van der Waals surface area (Å²) in [6.45, 7) is 1.97. The first-order chi connectivity index (χ1) is 17.9. The lowest BCUT2D eigenvalue weighted by Crippen LogP contribution is -2.57. The van der Waals surface area contributed by atoms with Crippen LogP contribution in [0.15, 0.2) is 30.3 Å². The molecule has 0 radical (unpaired) electrons. The molecule has 11 nitrogen and oxygen atoms in total. The van der Waals surface area contributed by atoms with Crippen molar-refractivity contribution in [3.8, 4) is 0 Å². The molecule has 1 aliphatic carbocycles. The molecule has 3 amide bonds. The third-order valence-electron chi connectivity index (χ3n) is 6.60. The average Bonchev–Trinajstić information content (AvgIpc) is 2.84. The molecule has 0 aromatic heterocycles. The third kappa shape index (κ3) is 10.4. The molecule has 1 saturated carbocycles. The van der Waals surface area contributed by atoms with E-state index < -0.39 is 54.2 Å². The van der Waals surface area contributed by atoms with Gasteiger partial charge in [-0.25, -0.2) is 4.79 Å². The molecule has 6 N–H and O–H groups in total. The lowest BCUT2D eigenvalue weighted by Gasteiger charge is -2.42. The highest BCUT2D eigenvalue weighted by Gasteiger charge is 2.33. The summed E-state index contributed by atoms with van der Waals surface area (Å²) in [6.07, 6.45) is 3.24. The Labute approximate surface area is 228 Å². The summed E-state index contributed by atoms with van der Waals surface area (Å²) < 4.78 is 0. The van der Waals surface area contributed by atoms with Crippen LogP contribution in [-0.4, -0.2) is 83.1 Å². The van der Waals surface area contributed by atoms with Gasteiger partial charge in [0.25, 0.3) is 0 Å². The van der Waals surface area contributed by atoms with Crippen LogP contribution in [0.25, 0.3) is 0 Å². The van der Waals surface area contributed by atoms with Gasteiger partial charge in [-0.1, -0.05) is 36.8 Å². The largest absolute Gasteiger partial charge is 0.481 e. The van der Waals surface area contributed by atoms with E-state index in [0.717, 1.165) is 19.3 Å². The Morgan fingerprint density at radius 1 is 0.974 bits per heavy atom. The van der Waals surface area contributed by atoms with Crippen molar-refractivity contribution in [2.75, 3.05) is 5.75 Å². The number of benzene rings is 1. The number of carboxylic acid groups (broad SMARTS) is 2. The molecule has 0 saturated heterocycles. The second-order valence-electron chi connectivity index (χ2n) is 10.0. The van der Waals surface area contributed by atoms with Crippen molar-refractivity contribution in [1.29, 1.82) is 0 Å². The summed E-state index contributed by atoms with van der Waals surface area (Å²) in [4.78, 5) is 61.4. The van der Waals surface area contributed by atoms with E-state index >= 15 is 0 Å². The lowest BCUT2D eigenvalue weighted by molar-refractivity contribution is -0.142. The molecule has 0 spiro atoms. The van der Waals surface area contributed by atoms with Gasteiger partial charge >= 0.3 is 11.9 Å². The number of hydrogen-bond acceptors (Lipinski definition) is 7. The maximum atomic E-state index is 13.1. The molecule has 1 aromatic carbocycles. The Balaban J connectivity index is 2.06. The van der Waals surface area contributed by atoms with Crippen LogP contribution in [0, 0.1) is 0 Å². The van der Waals surface area contributed by atoms with Crippen LogP contribution in [0.2, 0.25) is 0 Å². The number of aliphatic carboxylic acids is 2. The maximum Gasteiger partial charge on any atom is 0.327 e. The molecule has 1 fully saturated rings. The van der Waals surface area contributed by atoms with E-state index in [2.05, 4.69) is 41.7 Å². The molecule has 38 heavy (non-hydrogen) atoms. The molecular formula is C25H37BN4O7S. The van der Waals surface area contributed by atoms with Crippen LogP contribution < -0.4 is 21.3 Å². The van der Waals surface area contributed by atoms with Crippen LogP contribution >= 0.6 is 12.6 Å². The summed E-state index contributed by atoms with van der Waals surface area (Å²) in [6, 6.07) is 4.87. The van der Waals surface area contributed by atoms with Crippen LogP contribution in [0.4, 0.5) is 0 Å². The van der Waals surface area contributed by atoms with Gasteiger partial charge in [0.1, 0.15) is 26.0 Å². The minimum Gasteiger partial charge on any atom is -0.481 e. The minimum absolute atomic E-state index is 0.0208. The highest BCUT2D eigenvalue weighted by atomic mass is 32.1. The number of carbonyl (C=O) groups excluding carboxylic acids is 3. The first kappa shape index (κ1) is 31.2. The van der Waals surface area contributed by atoms with Crippen molar-refractivity contribution in [2.45, 2.75) is 81.5 Å². The highest BCUT2D eigenvalue weighted by molar-refractivity contribution is 7.80. The zero-order chi connectivity index (χ0) is 28.3. The predicted molar refractivity (Wildman–Crippen MR) is 147 cm³/mol. The van der Waals surface area contributed by atoms with Crippen molar-refractivity contribution in [3.63, 3.8) is 0 Å². The minimum atomic E-state index is -1.42. The molecule has 4 atom stereocenters. The van der Waals surface area contributed by atoms with Gasteiger partial charge in [-0.3, -0.25) is 19.2 Å². The molecular weight excluding hydrogens is 511 g/mol. The van der Waals surface area contributed by atoms with Gasteiger partial charge in [0.2, 0.25) is 17.7 Å². The monoisotopic (exact) mass is 548 g/mol. The maximum absolute atomic E-state index is 13.1. The predicted octanol–water partition coefficient (Wildman–Crippen LogP) is -0.556. The normalized spacial score (nSPS) is 17.1. The smallest absolute Gasteiger partial charge is 0.327 e. The van der Waals surface area contributed by atoms with Gasteiger partial charge in [0.05, 0.1) is 6.42 Å². The number of carboxylic acids is 2. The van der Waals surface area contributed by atoms with Crippen molar-refractivity contribution < 1.29 is 34.2 Å². The summed E-state index contributed by atoms with van der Waals surface area (Å²) >= 11 is 3.94. The van der Waals surface area contributed by atoms with Gasteiger partial charge in [0.15, 0.2) is 0 Å². The molecule has 1 aromatic rings. The molecule has 2 rings (SSSR count). The summed E-state index contributed by atoms with van der Waals surface area (Å²) in [5.41, 5.74) is 0.758. The zero-order valence-corrected chi connectivity index (χ0v) is 22.6. The molecule has 0 heterocycles. The average molecular weight is 548 g/mol. The van der Waals surface area contributed by atoms with E-state index in [1.807, 2.05) is 6.92 Å². The Bertz CT molecular complexity index is 993. The number of hydrogen-bond donors (Lipinski definition) is 7.